The van der Waals surface area contributed by atoms with Gasteiger partial charge in [0.25, 0.3) is 0 Å². The van der Waals surface area contributed by atoms with Gasteiger partial charge in [0, 0.05) is 13.1 Å². The van der Waals surface area contributed by atoms with E-state index in [0.29, 0.717) is 18.0 Å². The molecule has 0 atom stereocenters. The summed E-state index contributed by atoms with van der Waals surface area (Å²) in [4.78, 5) is 18.3. The lowest BCUT2D eigenvalue weighted by Crippen LogP contribution is -2.60. The van der Waals surface area contributed by atoms with E-state index in [2.05, 4.69) is 16.4 Å². The van der Waals surface area contributed by atoms with Crippen LogP contribution in [0.3, 0.4) is 0 Å². The molecule has 6 nitrogen and oxygen atoms in total. The van der Waals surface area contributed by atoms with Crippen LogP contribution in [-0.4, -0.2) is 35.8 Å². The van der Waals surface area contributed by atoms with Crippen molar-refractivity contribution in [2.45, 2.75) is 32.4 Å². The minimum Gasteiger partial charge on any atom is -0.444 e. The van der Waals surface area contributed by atoms with Crippen LogP contribution in [0.1, 0.15) is 25.6 Å². The van der Waals surface area contributed by atoms with E-state index >= 15 is 0 Å². The third-order valence-electron chi connectivity index (χ3n) is 2.48. The fourth-order valence-electron chi connectivity index (χ4n) is 1.66. The number of ether oxygens (including phenoxy) is 1. The van der Waals surface area contributed by atoms with Gasteiger partial charge in [-0.15, -0.1) is 0 Å². The first kappa shape index (κ1) is 13.6. The van der Waals surface area contributed by atoms with E-state index in [-0.39, 0.29) is 6.04 Å². The summed E-state index contributed by atoms with van der Waals surface area (Å²) >= 11 is 1.36. The van der Waals surface area contributed by atoms with Gasteiger partial charge in [-0.25, -0.2) is 9.78 Å². The molecule has 1 N–H and O–H groups in total. The fraction of sp³-hybridized carbons (Fsp3) is 0.583. The second kappa shape index (κ2) is 5.05. The lowest BCUT2D eigenvalue weighted by Gasteiger charge is -2.39. The molecule has 1 aliphatic heterocycles. The Morgan fingerprint density at radius 3 is 2.84 bits per heavy atom. The summed E-state index contributed by atoms with van der Waals surface area (Å²) < 4.78 is 5.18. The molecule has 1 fully saturated rings. The largest absolute Gasteiger partial charge is 0.444 e. The van der Waals surface area contributed by atoms with Crippen molar-refractivity contribution in [3.05, 3.63) is 11.1 Å². The lowest BCUT2D eigenvalue weighted by molar-refractivity contribution is 0.0496. The van der Waals surface area contributed by atoms with E-state index in [9.17, 15) is 4.79 Å². The Morgan fingerprint density at radius 2 is 2.32 bits per heavy atom. The summed E-state index contributed by atoms with van der Waals surface area (Å²) in [7, 11) is 0. The average molecular weight is 280 g/mol. The Kier molecular flexibility index (Phi) is 3.62. The molecule has 0 aliphatic carbocycles. The summed E-state index contributed by atoms with van der Waals surface area (Å²) in [5, 5.41) is 12.4. The summed E-state index contributed by atoms with van der Waals surface area (Å²) in [5.74, 6) is 0. The number of hydrogen-bond donors (Lipinski definition) is 1. The lowest BCUT2D eigenvalue weighted by atomic mass is 10.1. The predicted molar refractivity (Wildman–Crippen MR) is 72.2 cm³/mol. The molecule has 7 heteroatoms. The minimum absolute atomic E-state index is 0.0734. The van der Waals surface area contributed by atoms with Crippen molar-refractivity contribution in [3.63, 3.8) is 0 Å². The Morgan fingerprint density at radius 1 is 1.63 bits per heavy atom. The summed E-state index contributed by atoms with van der Waals surface area (Å²) in [5.41, 5.74) is -0.482. The van der Waals surface area contributed by atoms with Crippen LogP contribution in [-0.2, 0) is 4.74 Å². The topological polar surface area (TPSA) is 78.2 Å². The number of nitrogens with one attached hydrogen (secondary N) is 1. The molecular weight excluding hydrogens is 264 g/mol. The molecule has 1 aromatic rings. The third kappa shape index (κ3) is 3.58. The quantitative estimate of drug-likeness (QED) is 0.892. The van der Waals surface area contributed by atoms with Gasteiger partial charge in [0.15, 0.2) is 5.13 Å². The Balaban J connectivity index is 1.77. The van der Waals surface area contributed by atoms with Crippen LogP contribution in [0.4, 0.5) is 9.93 Å². The molecule has 1 aromatic heterocycles. The number of carbonyl (C=O) groups is 1. The summed E-state index contributed by atoms with van der Waals surface area (Å²) in [6.45, 7) is 6.88. The average Bonchev–Trinajstić information content (AvgIpc) is 2.68. The van der Waals surface area contributed by atoms with Crippen molar-refractivity contribution in [2.75, 3.05) is 18.0 Å². The minimum atomic E-state index is -0.482. The second-order valence-electron chi connectivity index (χ2n) is 5.37. The Bertz CT molecular complexity index is 509. The number of thiazole rings is 1. The van der Waals surface area contributed by atoms with E-state index in [1.807, 2.05) is 25.7 Å². The number of anilines is 1. The third-order valence-corrected chi connectivity index (χ3v) is 3.44. The van der Waals surface area contributed by atoms with Crippen molar-refractivity contribution in [1.82, 2.24) is 10.3 Å². The van der Waals surface area contributed by atoms with Crippen molar-refractivity contribution >= 4 is 22.6 Å². The maximum atomic E-state index is 11.5. The maximum Gasteiger partial charge on any atom is 0.407 e. The molecule has 0 saturated carbocycles. The van der Waals surface area contributed by atoms with Crippen LogP contribution in [0.5, 0.6) is 0 Å². The monoisotopic (exact) mass is 280 g/mol. The summed E-state index contributed by atoms with van der Waals surface area (Å²) in [6, 6.07) is 2.13. The van der Waals surface area contributed by atoms with Crippen LogP contribution in [0, 0.1) is 11.3 Å². The van der Waals surface area contributed by atoms with Crippen LogP contribution < -0.4 is 10.2 Å². The summed E-state index contributed by atoms with van der Waals surface area (Å²) in [6.07, 6.45) is 1.17. The van der Waals surface area contributed by atoms with Crippen LogP contribution in [0.25, 0.3) is 0 Å². The van der Waals surface area contributed by atoms with Crippen LogP contribution >= 0.6 is 11.3 Å². The smallest absolute Gasteiger partial charge is 0.407 e. The SMILES string of the molecule is CC(C)(C)OC(=O)NC1CN(c2ncc(C#N)s2)C1. The first-order valence-electron chi connectivity index (χ1n) is 5.98. The molecule has 0 unspecified atom stereocenters. The van der Waals surface area contributed by atoms with E-state index in [4.69, 9.17) is 10.00 Å². The number of carbonyl (C=O) groups excluding carboxylic acids is 1. The molecule has 2 rings (SSSR count). The molecule has 1 aliphatic rings. The molecule has 0 spiro atoms. The number of aromatic nitrogens is 1. The fourth-order valence-corrected chi connectivity index (χ4v) is 2.39. The van der Waals surface area contributed by atoms with Crippen molar-refractivity contribution < 1.29 is 9.53 Å². The Labute approximate surface area is 116 Å². The van der Waals surface area contributed by atoms with Gasteiger partial charge in [0.1, 0.15) is 16.5 Å². The highest BCUT2D eigenvalue weighted by atomic mass is 32.1. The molecule has 1 saturated heterocycles. The molecule has 1 amide bonds. The van der Waals surface area contributed by atoms with Crippen molar-refractivity contribution in [1.29, 1.82) is 5.26 Å². The molecule has 0 bridgehead atoms. The standard InChI is InChI=1S/C12H16N4O2S/c1-12(2,3)18-11(17)15-8-6-16(7-8)10-14-5-9(4-13)19-10/h5,8H,6-7H2,1-3H3,(H,15,17). The highest BCUT2D eigenvalue weighted by Crippen LogP contribution is 2.26. The molecule has 2 heterocycles. The van der Waals surface area contributed by atoms with E-state index in [1.54, 1.807) is 6.20 Å². The number of amides is 1. The number of nitrogens with zero attached hydrogens (tertiary/aromatic N) is 3. The van der Waals surface area contributed by atoms with Gasteiger partial charge in [-0.05, 0) is 20.8 Å². The normalized spacial score (nSPS) is 15.6. The van der Waals surface area contributed by atoms with Crippen molar-refractivity contribution in [2.24, 2.45) is 0 Å². The highest BCUT2D eigenvalue weighted by molar-refractivity contribution is 7.16. The molecule has 102 valence electrons. The molecule has 0 aromatic carbocycles. The van der Waals surface area contributed by atoms with Gasteiger partial charge in [0.05, 0.1) is 12.2 Å². The number of nitriles is 1. The van der Waals surface area contributed by atoms with Crippen LogP contribution in [0.15, 0.2) is 6.20 Å². The first-order chi connectivity index (χ1) is 8.87. The molecule has 19 heavy (non-hydrogen) atoms. The first-order valence-corrected chi connectivity index (χ1v) is 6.79. The maximum absolute atomic E-state index is 11.5. The van der Waals surface area contributed by atoms with E-state index in [0.717, 1.165) is 5.13 Å². The predicted octanol–water partition coefficient (Wildman–Crippen LogP) is 1.73. The number of hydrogen-bond acceptors (Lipinski definition) is 6. The van der Waals surface area contributed by atoms with Gasteiger partial charge in [-0.2, -0.15) is 5.26 Å². The molecule has 0 radical (unpaired) electrons. The number of rotatable bonds is 2. The van der Waals surface area contributed by atoms with Crippen LogP contribution in [0.2, 0.25) is 0 Å². The zero-order valence-electron chi connectivity index (χ0n) is 11.1. The van der Waals surface area contributed by atoms with Gasteiger partial charge >= 0.3 is 6.09 Å². The van der Waals surface area contributed by atoms with Gasteiger partial charge in [0.2, 0.25) is 0 Å². The zero-order chi connectivity index (χ0) is 14.0. The Hall–Kier alpha value is -1.81. The van der Waals surface area contributed by atoms with Crippen molar-refractivity contribution in [3.8, 4) is 6.07 Å². The highest BCUT2D eigenvalue weighted by Gasteiger charge is 2.31. The number of alkyl carbamates (subject to hydrolysis) is 1. The van der Waals surface area contributed by atoms with E-state index in [1.165, 1.54) is 11.3 Å². The second-order valence-corrected chi connectivity index (χ2v) is 6.38. The van der Waals surface area contributed by atoms with Gasteiger partial charge in [-0.3, -0.25) is 0 Å². The van der Waals surface area contributed by atoms with Gasteiger partial charge in [-0.1, -0.05) is 11.3 Å². The molecular formula is C12H16N4O2S. The zero-order valence-corrected chi connectivity index (χ0v) is 12.0. The van der Waals surface area contributed by atoms with E-state index < -0.39 is 11.7 Å². The van der Waals surface area contributed by atoms with Gasteiger partial charge < -0.3 is 15.0 Å².